The van der Waals surface area contributed by atoms with Gasteiger partial charge in [0.2, 0.25) is 11.8 Å². The predicted molar refractivity (Wildman–Crippen MR) is 83.6 cm³/mol. The van der Waals surface area contributed by atoms with Crippen molar-refractivity contribution >= 4 is 17.3 Å². The fourth-order valence-electron chi connectivity index (χ4n) is 1.93. The standard InChI is InChI=1S/C16H19N3O2/c1-11-4-6-14(19-12(2)20)8-15(11)17-9-13-5-7-16(21-3)18-10-13/h4-8,10,17H,9H2,1-3H3,(H,19,20). The molecule has 0 aliphatic carbocycles. The van der Waals surface area contributed by atoms with Crippen LogP contribution >= 0.6 is 0 Å². The van der Waals surface area contributed by atoms with Crippen molar-refractivity contribution in [1.82, 2.24) is 4.98 Å². The number of nitrogens with zero attached hydrogens (tertiary/aromatic N) is 1. The Morgan fingerprint density at radius 1 is 1.29 bits per heavy atom. The average Bonchev–Trinajstić information content (AvgIpc) is 2.48. The third-order valence-electron chi connectivity index (χ3n) is 3.05. The lowest BCUT2D eigenvalue weighted by atomic mass is 10.1. The summed E-state index contributed by atoms with van der Waals surface area (Å²) in [5.41, 5.74) is 3.94. The van der Waals surface area contributed by atoms with E-state index in [1.807, 2.05) is 37.3 Å². The molecule has 1 heterocycles. The van der Waals surface area contributed by atoms with Crippen LogP contribution in [0.25, 0.3) is 0 Å². The third-order valence-corrected chi connectivity index (χ3v) is 3.05. The third kappa shape index (κ3) is 4.21. The van der Waals surface area contributed by atoms with Gasteiger partial charge in [-0.05, 0) is 30.2 Å². The Morgan fingerprint density at radius 3 is 2.71 bits per heavy atom. The monoisotopic (exact) mass is 285 g/mol. The van der Waals surface area contributed by atoms with E-state index in [9.17, 15) is 4.79 Å². The lowest BCUT2D eigenvalue weighted by Crippen LogP contribution is -2.07. The molecule has 0 fully saturated rings. The fraction of sp³-hybridized carbons (Fsp3) is 0.250. The molecular formula is C16H19N3O2. The Morgan fingerprint density at radius 2 is 2.10 bits per heavy atom. The SMILES string of the molecule is COc1ccc(CNc2cc(NC(C)=O)ccc2C)cn1. The Kier molecular flexibility index (Phi) is 4.77. The molecule has 0 saturated carbocycles. The maximum Gasteiger partial charge on any atom is 0.221 e. The van der Waals surface area contributed by atoms with Gasteiger partial charge in [-0.3, -0.25) is 4.79 Å². The van der Waals surface area contributed by atoms with Crippen LogP contribution in [0.3, 0.4) is 0 Å². The molecular weight excluding hydrogens is 266 g/mol. The zero-order valence-corrected chi connectivity index (χ0v) is 12.4. The van der Waals surface area contributed by atoms with E-state index in [2.05, 4.69) is 15.6 Å². The van der Waals surface area contributed by atoms with Crippen molar-refractivity contribution in [2.45, 2.75) is 20.4 Å². The second-order valence-electron chi connectivity index (χ2n) is 4.77. The number of benzene rings is 1. The molecule has 2 aromatic rings. The highest BCUT2D eigenvalue weighted by atomic mass is 16.5. The summed E-state index contributed by atoms with van der Waals surface area (Å²) in [5.74, 6) is 0.520. The fourth-order valence-corrected chi connectivity index (χ4v) is 1.93. The molecule has 110 valence electrons. The summed E-state index contributed by atoms with van der Waals surface area (Å²) in [6.45, 7) is 4.17. The van der Waals surface area contributed by atoms with E-state index in [-0.39, 0.29) is 5.91 Å². The summed E-state index contributed by atoms with van der Waals surface area (Å²) in [6.07, 6.45) is 1.78. The van der Waals surface area contributed by atoms with Gasteiger partial charge in [0, 0.05) is 37.1 Å². The van der Waals surface area contributed by atoms with E-state index in [1.54, 1.807) is 13.3 Å². The van der Waals surface area contributed by atoms with E-state index >= 15 is 0 Å². The number of aryl methyl sites for hydroxylation is 1. The topological polar surface area (TPSA) is 63.2 Å². The van der Waals surface area contributed by atoms with Crippen molar-refractivity contribution in [2.24, 2.45) is 0 Å². The first-order chi connectivity index (χ1) is 10.1. The number of carbonyl (C=O) groups excluding carboxylic acids is 1. The number of aromatic nitrogens is 1. The first-order valence-corrected chi connectivity index (χ1v) is 6.69. The number of ether oxygens (including phenoxy) is 1. The summed E-state index contributed by atoms with van der Waals surface area (Å²) in [7, 11) is 1.59. The van der Waals surface area contributed by atoms with Gasteiger partial charge in [-0.25, -0.2) is 4.98 Å². The lowest BCUT2D eigenvalue weighted by Gasteiger charge is -2.12. The minimum absolute atomic E-state index is 0.0795. The van der Waals surface area contributed by atoms with Gasteiger partial charge >= 0.3 is 0 Å². The van der Waals surface area contributed by atoms with Crippen LogP contribution in [0.4, 0.5) is 11.4 Å². The normalized spacial score (nSPS) is 10.0. The van der Waals surface area contributed by atoms with Gasteiger partial charge in [0.15, 0.2) is 0 Å². The van der Waals surface area contributed by atoms with E-state index in [0.717, 1.165) is 22.5 Å². The van der Waals surface area contributed by atoms with Crippen LogP contribution in [-0.4, -0.2) is 18.0 Å². The highest BCUT2D eigenvalue weighted by Gasteiger charge is 2.02. The molecule has 5 nitrogen and oxygen atoms in total. The molecule has 0 aliphatic heterocycles. The van der Waals surface area contributed by atoms with Gasteiger partial charge in [0.05, 0.1) is 7.11 Å². The molecule has 5 heteroatoms. The van der Waals surface area contributed by atoms with E-state index in [4.69, 9.17) is 4.74 Å². The lowest BCUT2D eigenvalue weighted by molar-refractivity contribution is -0.114. The molecule has 0 bridgehead atoms. The Hall–Kier alpha value is -2.56. The van der Waals surface area contributed by atoms with Crippen molar-refractivity contribution in [3.8, 4) is 5.88 Å². The zero-order valence-electron chi connectivity index (χ0n) is 12.4. The van der Waals surface area contributed by atoms with Gasteiger partial charge < -0.3 is 15.4 Å². The number of anilines is 2. The molecule has 1 amide bonds. The maximum absolute atomic E-state index is 11.1. The minimum Gasteiger partial charge on any atom is -0.481 e. The molecule has 21 heavy (non-hydrogen) atoms. The minimum atomic E-state index is -0.0795. The van der Waals surface area contributed by atoms with Gasteiger partial charge in [0.25, 0.3) is 0 Å². The molecule has 2 N–H and O–H groups in total. The molecule has 1 aromatic heterocycles. The Balaban J connectivity index is 2.05. The summed E-state index contributed by atoms with van der Waals surface area (Å²) < 4.78 is 5.03. The predicted octanol–water partition coefficient (Wildman–Crippen LogP) is 2.97. The molecule has 0 aliphatic rings. The summed E-state index contributed by atoms with van der Waals surface area (Å²) in [6, 6.07) is 9.58. The van der Waals surface area contributed by atoms with E-state index in [1.165, 1.54) is 6.92 Å². The molecule has 0 saturated heterocycles. The van der Waals surface area contributed by atoms with Gasteiger partial charge in [-0.2, -0.15) is 0 Å². The van der Waals surface area contributed by atoms with Crippen molar-refractivity contribution < 1.29 is 9.53 Å². The number of hydrogen-bond donors (Lipinski definition) is 2. The van der Waals surface area contributed by atoms with Crippen LogP contribution in [0.5, 0.6) is 5.88 Å². The van der Waals surface area contributed by atoms with Crippen molar-refractivity contribution in [3.05, 3.63) is 47.7 Å². The van der Waals surface area contributed by atoms with Crippen LogP contribution < -0.4 is 15.4 Å². The molecule has 0 atom stereocenters. The van der Waals surface area contributed by atoms with E-state index in [0.29, 0.717) is 12.4 Å². The van der Waals surface area contributed by atoms with Gasteiger partial charge in [-0.1, -0.05) is 12.1 Å². The van der Waals surface area contributed by atoms with Crippen LogP contribution in [0, 0.1) is 6.92 Å². The number of carbonyl (C=O) groups is 1. The number of methoxy groups -OCH3 is 1. The highest BCUT2D eigenvalue weighted by Crippen LogP contribution is 2.21. The van der Waals surface area contributed by atoms with E-state index < -0.39 is 0 Å². The van der Waals surface area contributed by atoms with Crippen molar-refractivity contribution in [3.63, 3.8) is 0 Å². The molecule has 0 unspecified atom stereocenters. The van der Waals surface area contributed by atoms with Gasteiger partial charge in [-0.15, -0.1) is 0 Å². The van der Waals surface area contributed by atoms with Gasteiger partial charge in [0.1, 0.15) is 0 Å². The number of hydrogen-bond acceptors (Lipinski definition) is 4. The summed E-state index contributed by atoms with van der Waals surface area (Å²) in [5, 5.41) is 6.13. The molecule has 0 radical (unpaired) electrons. The summed E-state index contributed by atoms with van der Waals surface area (Å²) >= 11 is 0. The molecule has 0 spiro atoms. The molecule has 1 aromatic carbocycles. The first kappa shape index (κ1) is 14.8. The Labute approximate surface area is 124 Å². The van der Waals surface area contributed by atoms with Crippen LogP contribution in [0.15, 0.2) is 36.5 Å². The van der Waals surface area contributed by atoms with Crippen molar-refractivity contribution in [1.29, 1.82) is 0 Å². The quantitative estimate of drug-likeness (QED) is 0.886. The largest absolute Gasteiger partial charge is 0.481 e. The second-order valence-corrected chi connectivity index (χ2v) is 4.77. The smallest absolute Gasteiger partial charge is 0.221 e. The maximum atomic E-state index is 11.1. The number of nitrogens with one attached hydrogen (secondary N) is 2. The number of pyridine rings is 1. The summed E-state index contributed by atoms with van der Waals surface area (Å²) in [4.78, 5) is 15.3. The average molecular weight is 285 g/mol. The van der Waals surface area contributed by atoms with Crippen LogP contribution in [0.1, 0.15) is 18.1 Å². The number of amides is 1. The van der Waals surface area contributed by atoms with Crippen molar-refractivity contribution in [2.75, 3.05) is 17.7 Å². The van der Waals surface area contributed by atoms with Crippen LogP contribution in [0.2, 0.25) is 0 Å². The highest BCUT2D eigenvalue weighted by molar-refractivity contribution is 5.89. The molecule has 2 rings (SSSR count). The first-order valence-electron chi connectivity index (χ1n) is 6.69. The number of rotatable bonds is 5. The second kappa shape index (κ2) is 6.74. The Bertz CT molecular complexity index is 624. The zero-order chi connectivity index (χ0) is 15.2. The van der Waals surface area contributed by atoms with Crippen LogP contribution in [-0.2, 0) is 11.3 Å².